The number of hydrogen-bond donors (Lipinski definition) is 1. The number of aliphatic hydroxyl groups is 1. The Morgan fingerprint density at radius 1 is 1.13 bits per heavy atom. The molecule has 2 aliphatic rings. The van der Waals surface area contributed by atoms with Crippen molar-refractivity contribution in [2.45, 2.75) is 31.7 Å². The van der Waals surface area contributed by atoms with Crippen LogP contribution in [0.2, 0.25) is 0 Å². The number of amides is 3. The molecule has 1 fully saturated rings. The maximum absolute atomic E-state index is 13.5. The summed E-state index contributed by atoms with van der Waals surface area (Å²) in [5, 5.41) is 13.2. The molecule has 2 heterocycles. The van der Waals surface area contributed by atoms with E-state index in [2.05, 4.69) is 0 Å². The van der Waals surface area contributed by atoms with Gasteiger partial charge in [0, 0.05) is 17.7 Å². The highest BCUT2D eigenvalue weighted by Gasteiger charge is 2.45. The first-order chi connectivity index (χ1) is 14.5. The molecule has 0 saturated carbocycles. The number of fused-ring (bicyclic) bond motifs is 1. The van der Waals surface area contributed by atoms with Crippen LogP contribution in [0, 0.1) is 0 Å². The van der Waals surface area contributed by atoms with Crippen molar-refractivity contribution in [3.63, 3.8) is 0 Å². The molecule has 0 bridgehead atoms. The summed E-state index contributed by atoms with van der Waals surface area (Å²) >= 11 is 0. The minimum Gasteiger partial charge on any atom is -0.467 e. The van der Waals surface area contributed by atoms with Gasteiger partial charge in [-0.25, -0.2) is 19.6 Å². The number of carbonyl (C=O) groups excluding carboxylic acids is 3. The van der Waals surface area contributed by atoms with Crippen LogP contribution >= 0.6 is 0 Å². The van der Waals surface area contributed by atoms with Gasteiger partial charge in [-0.1, -0.05) is 48.5 Å². The Balaban J connectivity index is 1.70. The largest absolute Gasteiger partial charge is 0.467 e. The average molecular weight is 409 g/mol. The SMILES string of the molecule is COC(=O)C1CCCN1C(=O)N(Cc1ccccc1)N1C(=O)c2ccccc2C1O. The Morgan fingerprint density at radius 2 is 1.83 bits per heavy atom. The molecule has 156 valence electrons. The van der Waals surface area contributed by atoms with Crippen molar-refractivity contribution in [1.29, 1.82) is 0 Å². The van der Waals surface area contributed by atoms with Gasteiger partial charge in [0.15, 0.2) is 6.23 Å². The molecule has 2 aliphatic heterocycles. The Bertz CT molecular complexity index is 964. The van der Waals surface area contributed by atoms with Crippen molar-refractivity contribution in [3.8, 4) is 0 Å². The van der Waals surface area contributed by atoms with Crippen LogP contribution in [0.4, 0.5) is 4.79 Å². The lowest BCUT2D eigenvalue weighted by Gasteiger charge is -2.37. The number of esters is 1. The molecule has 1 N–H and O–H groups in total. The molecule has 30 heavy (non-hydrogen) atoms. The first kappa shape index (κ1) is 19.9. The van der Waals surface area contributed by atoms with Crippen LogP contribution in [0.15, 0.2) is 54.6 Å². The number of ether oxygens (including phenoxy) is 1. The van der Waals surface area contributed by atoms with Crippen LogP contribution in [0.25, 0.3) is 0 Å². The highest BCUT2D eigenvalue weighted by atomic mass is 16.5. The Hall–Kier alpha value is -3.39. The van der Waals surface area contributed by atoms with Gasteiger partial charge in [0.1, 0.15) is 6.04 Å². The highest BCUT2D eigenvalue weighted by molar-refractivity contribution is 6.00. The van der Waals surface area contributed by atoms with Gasteiger partial charge >= 0.3 is 12.0 Å². The topological polar surface area (TPSA) is 90.4 Å². The number of aliphatic hydroxyl groups excluding tert-OH is 1. The summed E-state index contributed by atoms with van der Waals surface area (Å²) in [4.78, 5) is 40.2. The second-order valence-corrected chi connectivity index (χ2v) is 7.31. The van der Waals surface area contributed by atoms with Crippen molar-refractivity contribution in [3.05, 3.63) is 71.3 Å². The van der Waals surface area contributed by atoms with E-state index in [4.69, 9.17) is 4.74 Å². The summed E-state index contributed by atoms with van der Waals surface area (Å²) < 4.78 is 4.85. The standard InChI is InChI=1S/C22H23N3O5/c1-30-21(28)18-12-7-13-23(18)22(29)24(14-15-8-3-2-4-9-15)25-19(26)16-10-5-6-11-17(16)20(25)27/h2-6,8-11,18-19,26H,7,12-14H2,1H3. The van der Waals surface area contributed by atoms with E-state index in [-0.39, 0.29) is 6.54 Å². The lowest BCUT2D eigenvalue weighted by molar-refractivity contribution is -0.145. The van der Waals surface area contributed by atoms with Crippen molar-refractivity contribution < 1.29 is 24.2 Å². The molecule has 0 radical (unpaired) electrons. The highest BCUT2D eigenvalue weighted by Crippen LogP contribution is 2.34. The number of carbonyl (C=O) groups is 3. The fraction of sp³-hybridized carbons (Fsp3) is 0.318. The number of benzene rings is 2. The Labute approximate surface area is 174 Å². The molecule has 2 atom stereocenters. The van der Waals surface area contributed by atoms with Gasteiger partial charge in [0.25, 0.3) is 5.91 Å². The predicted molar refractivity (Wildman–Crippen MR) is 107 cm³/mol. The molecule has 8 heteroatoms. The second kappa shape index (κ2) is 8.16. The van der Waals surface area contributed by atoms with Gasteiger partial charge in [-0.05, 0) is 24.5 Å². The average Bonchev–Trinajstić information content (AvgIpc) is 3.36. The Morgan fingerprint density at radius 3 is 2.53 bits per heavy atom. The van der Waals surface area contributed by atoms with E-state index < -0.39 is 30.2 Å². The van der Waals surface area contributed by atoms with Gasteiger partial charge in [0.05, 0.1) is 13.7 Å². The summed E-state index contributed by atoms with van der Waals surface area (Å²) in [6, 6.07) is 14.7. The van der Waals surface area contributed by atoms with Crippen LogP contribution in [0.3, 0.4) is 0 Å². The first-order valence-corrected chi connectivity index (χ1v) is 9.83. The minimum atomic E-state index is -1.29. The van der Waals surface area contributed by atoms with Crippen LogP contribution in [0.5, 0.6) is 0 Å². The van der Waals surface area contributed by atoms with Crippen LogP contribution < -0.4 is 0 Å². The first-order valence-electron chi connectivity index (χ1n) is 9.83. The van der Waals surface area contributed by atoms with Gasteiger partial charge in [0.2, 0.25) is 0 Å². The minimum absolute atomic E-state index is 0.0703. The third kappa shape index (κ3) is 3.39. The molecule has 3 amide bonds. The summed E-state index contributed by atoms with van der Waals surface area (Å²) in [7, 11) is 1.29. The number of likely N-dealkylation sites (tertiary alicyclic amines) is 1. The van der Waals surface area contributed by atoms with Gasteiger partial charge in [-0.15, -0.1) is 0 Å². The molecular formula is C22H23N3O5. The fourth-order valence-corrected chi connectivity index (χ4v) is 4.04. The van der Waals surface area contributed by atoms with E-state index in [1.165, 1.54) is 17.0 Å². The zero-order chi connectivity index (χ0) is 21.3. The Kier molecular flexibility index (Phi) is 5.41. The van der Waals surface area contributed by atoms with E-state index in [0.717, 1.165) is 10.6 Å². The molecule has 8 nitrogen and oxygen atoms in total. The van der Waals surface area contributed by atoms with E-state index in [1.54, 1.807) is 24.3 Å². The number of hydrazine groups is 1. The number of nitrogens with zero attached hydrogens (tertiary/aromatic N) is 3. The second-order valence-electron chi connectivity index (χ2n) is 7.31. The predicted octanol–water partition coefficient (Wildman–Crippen LogP) is 2.31. The number of hydrogen-bond acceptors (Lipinski definition) is 5. The summed E-state index contributed by atoms with van der Waals surface area (Å²) in [5.41, 5.74) is 1.58. The van der Waals surface area contributed by atoms with Crippen molar-refractivity contribution in [1.82, 2.24) is 14.9 Å². The van der Waals surface area contributed by atoms with E-state index in [0.29, 0.717) is 30.5 Å². The zero-order valence-electron chi connectivity index (χ0n) is 16.6. The molecule has 0 aliphatic carbocycles. The van der Waals surface area contributed by atoms with Crippen LogP contribution in [-0.4, -0.2) is 57.6 Å². The zero-order valence-corrected chi connectivity index (χ0v) is 16.6. The fourth-order valence-electron chi connectivity index (χ4n) is 4.04. The molecule has 4 rings (SSSR count). The quantitative estimate of drug-likeness (QED) is 0.783. The summed E-state index contributed by atoms with van der Waals surface area (Å²) in [5.74, 6) is -0.951. The smallest absolute Gasteiger partial charge is 0.340 e. The monoisotopic (exact) mass is 409 g/mol. The lowest BCUT2D eigenvalue weighted by atomic mass is 10.1. The van der Waals surface area contributed by atoms with Crippen LogP contribution in [0.1, 0.15) is 40.6 Å². The molecule has 2 aromatic rings. The van der Waals surface area contributed by atoms with Crippen LogP contribution in [-0.2, 0) is 16.1 Å². The normalized spacial score (nSPS) is 20.3. The van der Waals surface area contributed by atoms with E-state index in [1.807, 2.05) is 30.3 Å². The number of urea groups is 1. The van der Waals surface area contributed by atoms with Crippen molar-refractivity contribution >= 4 is 17.9 Å². The summed E-state index contributed by atoms with van der Waals surface area (Å²) in [6.45, 7) is 0.440. The van der Waals surface area contributed by atoms with Gasteiger partial charge in [-0.3, -0.25) is 4.79 Å². The van der Waals surface area contributed by atoms with Gasteiger partial charge in [-0.2, -0.15) is 0 Å². The third-order valence-electron chi connectivity index (χ3n) is 5.54. The van der Waals surface area contributed by atoms with Crippen molar-refractivity contribution in [2.75, 3.05) is 13.7 Å². The lowest BCUT2D eigenvalue weighted by Crippen LogP contribution is -2.55. The summed E-state index contributed by atoms with van der Waals surface area (Å²) in [6.07, 6.45) is -0.143. The van der Waals surface area contributed by atoms with Gasteiger partial charge < -0.3 is 14.7 Å². The third-order valence-corrected chi connectivity index (χ3v) is 5.54. The molecular weight excluding hydrogens is 386 g/mol. The molecule has 2 unspecified atom stereocenters. The van der Waals surface area contributed by atoms with Crippen molar-refractivity contribution in [2.24, 2.45) is 0 Å². The maximum atomic E-state index is 13.5. The molecule has 0 aromatic heterocycles. The number of rotatable bonds is 4. The molecule has 2 aromatic carbocycles. The maximum Gasteiger partial charge on any atom is 0.340 e. The van der Waals surface area contributed by atoms with E-state index in [9.17, 15) is 19.5 Å². The molecule has 0 spiro atoms. The van der Waals surface area contributed by atoms with E-state index >= 15 is 0 Å². The number of methoxy groups -OCH3 is 1. The molecule has 1 saturated heterocycles.